The lowest BCUT2D eigenvalue weighted by Crippen LogP contribution is -2.34. The van der Waals surface area contributed by atoms with Crippen molar-refractivity contribution in [1.29, 1.82) is 0 Å². The molecule has 1 saturated heterocycles. The van der Waals surface area contributed by atoms with Crippen LogP contribution in [-0.2, 0) is 21.2 Å². The van der Waals surface area contributed by atoms with Gasteiger partial charge in [0.2, 0.25) is 15.9 Å². The van der Waals surface area contributed by atoms with Crippen molar-refractivity contribution in [3.05, 3.63) is 29.8 Å². The van der Waals surface area contributed by atoms with Crippen molar-refractivity contribution < 1.29 is 13.2 Å². The van der Waals surface area contributed by atoms with E-state index in [4.69, 9.17) is 5.14 Å². The number of amides is 1. The van der Waals surface area contributed by atoms with E-state index >= 15 is 0 Å². The Morgan fingerprint density at radius 2 is 1.88 bits per heavy atom. The molecule has 8 heteroatoms. The summed E-state index contributed by atoms with van der Waals surface area (Å²) >= 11 is 0. The van der Waals surface area contributed by atoms with E-state index in [1.807, 2.05) is 0 Å². The van der Waals surface area contributed by atoms with Gasteiger partial charge in [-0.15, -0.1) is 12.4 Å². The smallest absolute Gasteiger partial charge is 0.238 e. The number of sulfonamides is 1. The molecule has 1 aliphatic carbocycles. The van der Waals surface area contributed by atoms with Gasteiger partial charge in [0.15, 0.2) is 0 Å². The molecule has 2 fully saturated rings. The van der Waals surface area contributed by atoms with Gasteiger partial charge in [0.1, 0.15) is 0 Å². The van der Waals surface area contributed by atoms with E-state index in [0.29, 0.717) is 13.0 Å². The van der Waals surface area contributed by atoms with Crippen molar-refractivity contribution in [1.82, 2.24) is 10.6 Å². The molecule has 4 N–H and O–H groups in total. The van der Waals surface area contributed by atoms with Crippen LogP contribution >= 0.6 is 12.4 Å². The highest BCUT2D eigenvalue weighted by molar-refractivity contribution is 7.89. The summed E-state index contributed by atoms with van der Waals surface area (Å²) in [4.78, 5) is 12.3. The van der Waals surface area contributed by atoms with Crippen LogP contribution in [0.15, 0.2) is 29.2 Å². The van der Waals surface area contributed by atoms with E-state index in [1.165, 1.54) is 12.1 Å². The first-order chi connectivity index (χ1) is 10.9. The molecule has 134 valence electrons. The van der Waals surface area contributed by atoms with Crippen molar-refractivity contribution in [3.63, 3.8) is 0 Å². The zero-order valence-corrected chi connectivity index (χ0v) is 15.1. The molecule has 0 aromatic heterocycles. The number of hydrogen-bond acceptors (Lipinski definition) is 4. The number of primary sulfonamides is 1. The SMILES string of the molecule is Cl.NS(=O)(=O)c1ccc(CCNC(=O)C2CC23CCNCC3)cc1. The Labute approximate surface area is 149 Å². The van der Waals surface area contributed by atoms with Gasteiger partial charge in [-0.3, -0.25) is 4.79 Å². The molecule has 1 spiro atoms. The second-order valence-electron chi connectivity index (χ2n) is 6.60. The zero-order valence-electron chi connectivity index (χ0n) is 13.5. The van der Waals surface area contributed by atoms with Crippen LogP contribution < -0.4 is 15.8 Å². The summed E-state index contributed by atoms with van der Waals surface area (Å²) in [7, 11) is -3.65. The Balaban J connectivity index is 0.00000208. The molecule has 1 aromatic rings. The lowest BCUT2D eigenvalue weighted by molar-refractivity contribution is -0.123. The molecule has 1 aliphatic heterocycles. The van der Waals surface area contributed by atoms with Crippen molar-refractivity contribution in [3.8, 4) is 0 Å². The Bertz CT molecular complexity index is 685. The van der Waals surface area contributed by atoms with Gasteiger partial charge in [-0.25, -0.2) is 13.6 Å². The van der Waals surface area contributed by atoms with Crippen molar-refractivity contribution in [2.75, 3.05) is 19.6 Å². The minimum atomic E-state index is -3.65. The number of carbonyl (C=O) groups is 1. The van der Waals surface area contributed by atoms with E-state index < -0.39 is 10.0 Å². The van der Waals surface area contributed by atoms with Gasteiger partial charge in [0.25, 0.3) is 0 Å². The van der Waals surface area contributed by atoms with Crippen LogP contribution in [0.25, 0.3) is 0 Å². The maximum atomic E-state index is 12.2. The molecule has 1 unspecified atom stereocenters. The molecule has 1 atom stereocenters. The maximum absolute atomic E-state index is 12.2. The van der Waals surface area contributed by atoms with Crippen LogP contribution in [0.4, 0.5) is 0 Å². The van der Waals surface area contributed by atoms with Crippen molar-refractivity contribution in [2.24, 2.45) is 16.5 Å². The summed E-state index contributed by atoms with van der Waals surface area (Å²) in [6.45, 7) is 2.60. The highest BCUT2D eigenvalue weighted by Crippen LogP contribution is 2.58. The first-order valence-electron chi connectivity index (χ1n) is 8.01. The molecule has 0 radical (unpaired) electrons. The molecular weight excluding hydrogens is 350 g/mol. The summed E-state index contributed by atoms with van der Waals surface area (Å²) in [5.74, 6) is 0.336. The quantitative estimate of drug-likeness (QED) is 0.710. The largest absolute Gasteiger partial charge is 0.356 e. The average Bonchev–Trinajstić information content (AvgIpc) is 3.21. The minimum Gasteiger partial charge on any atom is -0.356 e. The van der Waals surface area contributed by atoms with E-state index in [-0.39, 0.29) is 34.5 Å². The fourth-order valence-corrected chi connectivity index (χ4v) is 4.01. The number of rotatable bonds is 5. The molecule has 0 bridgehead atoms. The van der Waals surface area contributed by atoms with E-state index in [0.717, 1.165) is 37.9 Å². The third-order valence-electron chi connectivity index (χ3n) is 5.07. The fourth-order valence-electron chi connectivity index (χ4n) is 3.49. The highest BCUT2D eigenvalue weighted by Gasteiger charge is 2.57. The number of piperidine rings is 1. The predicted molar refractivity (Wildman–Crippen MR) is 94.4 cm³/mol. The fraction of sp³-hybridized carbons (Fsp3) is 0.562. The molecule has 24 heavy (non-hydrogen) atoms. The van der Waals surface area contributed by atoms with Gasteiger partial charge in [0.05, 0.1) is 4.90 Å². The van der Waals surface area contributed by atoms with Crippen molar-refractivity contribution >= 4 is 28.3 Å². The maximum Gasteiger partial charge on any atom is 0.238 e. The second-order valence-corrected chi connectivity index (χ2v) is 8.16. The standard InChI is InChI=1S/C16H23N3O3S.ClH/c17-23(21,22)13-3-1-12(2-4-13)5-8-19-15(20)14-11-16(14)6-9-18-10-7-16;/h1-4,14,18H,5-11H2,(H,19,20)(H2,17,21,22);1H. The Kier molecular flexibility index (Phi) is 5.91. The van der Waals surface area contributed by atoms with Gasteiger partial charge < -0.3 is 10.6 Å². The first-order valence-corrected chi connectivity index (χ1v) is 9.56. The Morgan fingerprint density at radius 3 is 2.46 bits per heavy atom. The number of benzene rings is 1. The molecule has 6 nitrogen and oxygen atoms in total. The number of nitrogens with one attached hydrogen (secondary N) is 2. The highest BCUT2D eigenvalue weighted by atomic mass is 35.5. The third-order valence-corrected chi connectivity index (χ3v) is 6.00. The van der Waals surface area contributed by atoms with Crippen LogP contribution in [0.3, 0.4) is 0 Å². The number of halogens is 1. The summed E-state index contributed by atoms with van der Waals surface area (Å²) in [5.41, 5.74) is 1.23. The molecule has 2 aliphatic rings. The van der Waals surface area contributed by atoms with Crippen molar-refractivity contribution in [2.45, 2.75) is 30.6 Å². The molecule has 1 heterocycles. The van der Waals surface area contributed by atoms with Crippen LogP contribution in [0.1, 0.15) is 24.8 Å². The van der Waals surface area contributed by atoms with E-state index in [2.05, 4.69) is 10.6 Å². The van der Waals surface area contributed by atoms with Gasteiger partial charge >= 0.3 is 0 Å². The molecule has 1 aromatic carbocycles. The minimum absolute atomic E-state index is 0. The molecular formula is C16H24ClN3O3S. The van der Waals surface area contributed by atoms with Gasteiger partial charge in [-0.1, -0.05) is 12.1 Å². The number of carbonyl (C=O) groups excluding carboxylic acids is 1. The summed E-state index contributed by atoms with van der Waals surface area (Å²) < 4.78 is 22.4. The second kappa shape index (κ2) is 7.39. The van der Waals surface area contributed by atoms with Crippen LogP contribution in [0, 0.1) is 11.3 Å². The van der Waals surface area contributed by atoms with E-state index in [9.17, 15) is 13.2 Å². The van der Waals surface area contributed by atoms with Gasteiger partial charge in [0, 0.05) is 12.5 Å². The summed E-state index contributed by atoms with van der Waals surface area (Å²) in [6.07, 6.45) is 3.89. The number of hydrogen-bond donors (Lipinski definition) is 3. The number of nitrogens with two attached hydrogens (primary N) is 1. The van der Waals surface area contributed by atoms with Gasteiger partial charge in [-0.05, 0) is 61.9 Å². The van der Waals surface area contributed by atoms with Crippen LogP contribution in [-0.4, -0.2) is 34.0 Å². The molecule has 3 rings (SSSR count). The van der Waals surface area contributed by atoms with Gasteiger partial charge in [-0.2, -0.15) is 0 Å². The lowest BCUT2D eigenvalue weighted by atomic mass is 9.92. The molecule has 1 amide bonds. The van der Waals surface area contributed by atoms with E-state index in [1.54, 1.807) is 12.1 Å². The first kappa shape index (κ1) is 19.2. The normalized spacial score (nSPS) is 21.8. The Hall–Kier alpha value is -1.15. The topological polar surface area (TPSA) is 101 Å². The zero-order chi connectivity index (χ0) is 16.5. The monoisotopic (exact) mass is 373 g/mol. The summed E-state index contributed by atoms with van der Waals surface area (Å²) in [5, 5.41) is 11.4. The van der Waals surface area contributed by atoms with Crippen LogP contribution in [0.2, 0.25) is 0 Å². The lowest BCUT2D eigenvalue weighted by Gasteiger charge is -2.23. The summed E-state index contributed by atoms with van der Waals surface area (Å²) in [6, 6.07) is 6.46. The van der Waals surface area contributed by atoms with Crippen LogP contribution in [0.5, 0.6) is 0 Å². The Morgan fingerprint density at radius 1 is 1.25 bits per heavy atom. The average molecular weight is 374 g/mol. The predicted octanol–water partition coefficient (Wildman–Crippen LogP) is 0.804. The molecule has 1 saturated carbocycles. The third kappa shape index (κ3) is 4.27.